The predicted octanol–water partition coefficient (Wildman–Crippen LogP) is 1.57. The van der Waals surface area contributed by atoms with Crippen LogP contribution in [0.25, 0.3) is 11.1 Å². The number of carboxylic acid groups (broad SMARTS) is 1. The van der Waals surface area contributed by atoms with Gasteiger partial charge in [-0.15, -0.1) is 0 Å². The molecule has 0 unspecified atom stereocenters. The molecule has 0 fully saturated rings. The highest BCUT2D eigenvalue weighted by Crippen LogP contribution is 2.44. The number of alkyl carbamates (subject to hydrolysis) is 1. The first kappa shape index (κ1) is 63.4. The number of benzene rings is 2. The number of nitrogens with one attached hydrogen (secondary N) is 1. The maximum atomic E-state index is 14.4. The second-order valence-corrected chi connectivity index (χ2v) is 16.4. The number of fused-ring (bicyclic) bond motifs is 3. The third-order valence-corrected chi connectivity index (χ3v) is 11.3. The lowest BCUT2D eigenvalue weighted by Crippen LogP contribution is -2.51. The van der Waals surface area contributed by atoms with Gasteiger partial charge in [-0.3, -0.25) is 14.4 Å². The predicted molar refractivity (Wildman–Crippen MR) is 268 cm³/mol. The summed E-state index contributed by atoms with van der Waals surface area (Å²) < 4.78 is 70.5. The quantitative estimate of drug-likeness (QED) is 0.0894. The van der Waals surface area contributed by atoms with Crippen molar-refractivity contribution in [3.05, 3.63) is 59.7 Å². The molecular formula is C51H80N4O19. The Morgan fingerprint density at radius 3 is 1.12 bits per heavy atom. The lowest BCUT2D eigenvalue weighted by molar-refractivity contribution is -0.148. The minimum atomic E-state index is -1.80. The summed E-state index contributed by atoms with van der Waals surface area (Å²) in [5.41, 5.74) is 3.92. The molecule has 0 spiro atoms. The Balaban J connectivity index is 1.80. The van der Waals surface area contributed by atoms with Crippen molar-refractivity contribution in [2.75, 3.05) is 206 Å². The first-order valence-electron chi connectivity index (χ1n) is 24.9. The highest BCUT2D eigenvalue weighted by atomic mass is 16.6. The maximum absolute atomic E-state index is 14.4. The molecule has 0 bridgehead atoms. The summed E-state index contributed by atoms with van der Waals surface area (Å²) in [6, 6.07) is 13.7. The molecule has 0 saturated heterocycles. The number of carbonyl (C=O) groups is 5. The van der Waals surface area contributed by atoms with E-state index >= 15 is 0 Å². The van der Waals surface area contributed by atoms with Crippen molar-refractivity contribution in [1.82, 2.24) is 20.0 Å². The largest absolute Gasteiger partial charge is 0.480 e. The first-order chi connectivity index (χ1) is 36.1. The van der Waals surface area contributed by atoms with Crippen molar-refractivity contribution in [2.24, 2.45) is 0 Å². The van der Waals surface area contributed by atoms with E-state index in [4.69, 9.17) is 61.6 Å². The molecular weight excluding hydrogens is 973 g/mol. The van der Waals surface area contributed by atoms with Crippen molar-refractivity contribution in [1.29, 1.82) is 0 Å². The molecule has 418 valence electrons. The van der Waals surface area contributed by atoms with Crippen LogP contribution in [-0.2, 0) is 80.8 Å². The summed E-state index contributed by atoms with van der Waals surface area (Å²) in [6.45, 7) is 4.64. The molecule has 0 aliphatic heterocycles. The van der Waals surface area contributed by atoms with Crippen LogP contribution in [0, 0.1) is 0 Å². The van der Waals surface area contributed by atoms with Gasteiger partial charge < -0.3 is 86.7 Å². The van der Waals surface area contributed by atoms with Crippen LogP contribution in [0.4, 0.5) is 4.79 Å². The van der Waals surface area contributed by atoms with E-state index in [1.165, 1.54) is 9.80 Å². The second-order valence-electron chi connectivity index (χ2n) is 16.4. The van der Waals surface area contributed by atoms with E-state index in [1.807, 2.05) is 48.5 Å². The minimum absolute atomic E-state index is 0.0762. The van der Waals surface area contributed by atoms with Crippen molar-refractivity contribution in [3.8, 4) is 11.1 Å². The molecule has 0 heterocycles. The molecule has 2 N–H and O–H groups in total. The number of amides is 4. The fraction of sp³-hybridized carbons (Fsp3) is 0.667. The number of methoxy groups -OCH3 is 4. The van der Waals surface area contributed by atoms with Gasteiger partial charge in [-0.1, -0.05) is 48.5 Å². The monoisotopic (exact) mass is 1050 g/mol. The number of carboxylic acids is 1. The fourth-order valence-corrected chi connectivity index (χ4v) is 7.32. The number of ether oxygens (including phenoxy) is 13. The summed E-state index contributed by atoms with van der Waals surface area (Å²) in [7, 11) is 6.28. The lowest BCUT2D eigenvalue weighted by Gasteiger charge is -2.30. The average Bonchev–Trinajstić information content (AvgIpc) is 3.72. The van der Waals surface area contributed by atoms with Gasteiger partial charge in [0, 0.05) is 60.5 Å². The topological polar surface area (TPSA) is 247 Å². The molecule has 4 amide bonds. The zero-order valence-corrected chi connectivity index (χ0v) is 43.7. The van der Waals surface area contributed by atoms with Crippen molar-refractivity contribution >= 4 is 29.8 Å². The van der Waals surface area contributed by atoms with Crippen LogP contribution in [0.2, 0.25) is 0 Å². The second kappa shape index (κ2) is 40.4. The number of hydrogen-bond acceptors (Lipinski definition) is 18. The molecule has 1 aliphatic carbocycles. The third-order valence-electron chi connectivity index (χ3n) is 11.3. The van der Waals surface area contributed by atoms with Crippen molar-refractivity contribution in [3.63, 3.8) is 0 Å². The molecule has 3 rings (SSSR count). The van der Waals surface area contributed by atoms with Gasteiger partial charge in [0.2, 0.25) is 17.7 Å². The number of carbonyl (C=O) groups excluding carboxylic acids is 4. The van der Waals surface area contributed by atoms with Gasteiger partial charge in [0.25, 0.3) is 0 Å². The highest BCUT2D eigenvalue weighted by Gasteiger charge is 2.33. The maximum Gasteiger partial charge on any atom is 0.407 e. The fourth-order valence-electron chi connectivity index (χ4n) is 7.32. The van der Waals surface area contributed by atoms with Gasteiger partial charge in [-0.2, -0.15) is 0 Å². The summed E-state index contributed by atoms with van der Waals surface area (Å²) >= 11 is 0. The van der Waals surface area contributed by atoms with E-state index in [-0.39, 0.29) is 91.6 Å². The third kappa shape index (κ3) is 26.1. The van der Waals surface area contributed by atoms with Gasteiger partial charge in [0.1, 0.15) is 25.7 Å². The molecule has 0 saturated carbocycles. The number of hydrogen-bond donors (Lipinski definition) is 2. The van der Waals surface area contributed by atoms with E-state index < -0.39 is 55.3 Å². The van der Waals surface area contributed by atoms with E-state index in [2.05, 4.69) is 5.32 Å². The Morgan fingerprint density at radius 1 is 0.459 bits per heavy atom. The van der Waals surface area contributed by atoms with E-state index in [9.17, 15) is 29.1 Å². The molecule has 23 nitrogen and oxygen atoms in total. The van der Waals surface area contributed by atoms with Gasteiger partial charge in [0.15, 0.2) is 0 Å². The Labute approximate surface area is 435 Å². The minimum Gasteiger partial charge on any atom is -0.480 e. The standard InChI is InChI=1S/C51H80N4O19/c1-62-21-25-70-33-29-66-17-13-53(14-18-67-30-34-71-26-22-63-2)48(57)38-55(39-49(58)54(15-19-68-31-35-72-27-23-64-3)16-20-69-32-36-73-28-24-65-4)47(56)37-46(50(59)60)52-51(61)74-40-45-43-11-7-5-9-41(43)42-10-6-8-12-44(42)45/h5-12,45-46H,13-40H2,1-4H3,(H,52,61)(H,59,60)/t46-/m0/s1. The average molecular weight is 1050 g/mol. The molecule has 1 atom stereocenters. The summed E-state index contributed by atoms with van der Waals surface area (Å²) in [5, 5.41) is 12.6. The van der Waals surface area contributed by atoms with Gasteiger partial charge in [-0.25, -0.2) is 9.59 Å². The van der Waals surface area contributed by atoms with Crippen LogP contribution in [0.5, 0.6) is 0 Å². The first-order valence-corrected chi connectivity index (χ1v) is 24.9. The SMILES string of the molecule is COCCOCCOCCN(CCOCCOCCOC)C(=O)CN(CC(=O)N(CCOCCOCCOC)CCOCCOCCOC)C(=O)C[C@H](NC(=O)OCC1c2ccccc2-c2ccccc21)C(=O)O. The molecule has 2 aromatic rings. The zero-order valence-electron chi connectivity index (χ0n) is 43.7. The molecule has 23 heteroatoms. The highest BCUT2D eigenvalue weighted by molar-refractivity contribution is 5.92. The van der Waals surface area contributed by atoms with Crippen LogP contribution >= 0.6 is 0 Å². The van der Waals surface area contributed by atoms with Crippen LogP contribution in [0.15, 0.2) is 48.5 Å². The normalized spacial score (nSPS) is 12.3. The smallest absolute Gasteiger partial charge is 0.407 e. The van der Waals surface area contributed by atoms with Crippen molar-refractivity contribution in [2.45, 2.75) is 18.4 Å². The molecule has 0 radical (unpaired) electrons. The van der Waals surface area contributed by atoms with E-state index in [0.29, 0.717) is 79.3 Å². The van der Waals surface area contributed by atoms with Crippen LogP contribution in [-0.4, -0.2) is 262 Å². The molecule has 0 aromatic heterocycles. The Morgan fingerprint density at radius 2 is 0.784 bits per heavy atom. The Hall–Kier alpha value is -4.89. The molecule has 2 aromatic carbocycles. The summed E-state index contributed by atoms with van der Waals surface area (Å²) in [4.78, 5) is 72.8. The Kier molecular flexibility index (Phi) is 34.6. The molecule has 1 aliphatic rings. The number of aliphatic carboxylic acids is 1. The van der Waals surface area contributed by atoms with Gasteiger partial charge in [-0.05, 0) is 22.3 Å². The number of nitrogens with zero attached hydrogens (tertiary/aromatic N) is 3. The number of rotatable bonds is 46. The van der Waals surface area contributed by atoms with E-state index in [1.54, 1.807) is 28.4 Å². The van der Waals surface area contributed by atoms with Gasteiger partial charge >= 0.3 is 12.1 Å². The van der Waals surface area contributed by atoms with Crippen LogP contribution in [0.1, 0.15) is 23.5 Å². The zero-order chi connectivity index (χ0) is 53.4. The summed E-state index contributed by atoms with van der Waals surface area (Å²) in [6.07, 6.45) is -1.89. The Bertz CT molecular complexity index is 1720. The lowest BCUT2D eigenvalue weighted by atomic mass is 9.98. The van der Waals surface area contributed by atoms with Crippen LogP contribution < -0.4 is 5.32 Å². The van der Waals surface area contributed by atoms with E-state index in [0.717, 1.165) is 27.2 Å². The summed E-state index contributed by atoms with van der Waals surface area (Å²) in [5.74, 6) is -3.91. The molecule has 74 heavy (non-hydrogen) atoms. The van der Waals surface area contributed by atoms with Crippen molar-refractivity contribution < 1.29 is 90.7 Å². The van der Waals surface area contributed by atoms with Gasteiger partial charge in [0.05, 0.1) is 139 Å². The van der Waals surface area contributed by atoms with Crippen LogP contribution in [0.3, 0.4) is 0 Å².